The van der Waals surface area contributed by atoms with Gasteiger partial charge < -0.3 is 16.0 Å². The Morgan fingerprint density at radius 3 is 2.61 bits per heavy atom. The maximum atomic E-state index is 12.5. The van der Waals surface area contributed by atoms with E-state index >= 15 is 0 Å². The number of fused-ring (bicyclic) bond motifs is 1. The molecular formula is C24H31N7O2. The average molecular weight is 450 g/mol. The maximum absolute atomic E-state index is 12.5. The van der Waals surface area contributed by atoms with Crippen molar-refractivity contribution in [2.75, 3.05) is 18.0 Å². The van der Waals surface area contributed by atoms with Gasteiger partial charge in [0.05, 0.1) is 6.20 Å². The van der Waals surface area contributed by atoms with Gasteiger partial charge in [-0.1, -0.05) is 13.0 Å². The number of hydrogen-bond donors (Lipinski definition) is 2. The van der Waals surface area contributed by atoms with Gasteiger partial charge in [-0.2, -0.15) is 5.10 Å². The van der Waals surface area contributed by atoms with Crippen molar-refractivity contribution in [1.82, 2.24) is 24.9 Å². The molecule has 4 heterocycles. The molecule has 3 N–H and O–H groups in total. The number of carbonyl (C=O) groups excluding carboxylic acids is 2. The van der Waals surface area contributed by atoms with Crippen LogP contribution >= 0.6 is 0 Å². The normalized spacial score (nSPS) is 14.6. The molecule has 0 aliphatic carbocycles. The number of piperidine rings is 1. The molecule has 1 aliphatic rings. The Morgan fingerprint density at radius 2 is 1.94 bits per heavy atom. The summed E-state index contributed by atoms with van der Waals surface area (Å²) in [5, 5.41) is 7.20. The van der Waals surface area contributed by atoms with Crippen LogP contribution in [0.2, 0.25) is 0 Å². The molecular weight excluding hydrogens is 418 g/mol. The number of primary amides is 1. The average Bonchev–Trinajstić information content (AvgIpc) is 3.23. The highest BCUT2D eigenvalue weighted by atomic mass is 16.1. The summed E-state index contributed by atoms with van der Waals surface area (Å²) in [6, 6.07) is 4.07. The summed E-state index contributed by atoms with van der Waals surface area (Å²) in [7, 11) is 0. The van der Waals surface area contributed by atoms with Crippen LogP contribution in [0.1, 0.15) is 59.1 Å². The summed E-state index contributed by atoms with van der Waals surface area (Å²) in [4.78, 5) is 35.4. The molecule has 1 saturated heterocycles. The molecule has 1 fully saturated rings. The minimum atomic E-state index is -0.559. The molecule has 174 valence electrons. The standard InChI is InChI=1S/C24H31N7O2/c1-15-8-10-30(11-9-15)21-6-4-18(12-26-21)13-27-22(32)7-5-19-16(2)29-24-20(23(25)33)14-28-31(24)17(19)3/h4,6,12,14-15H,5,7-11,13H2,1-3H3,(H2,25,33)(H,27,32). The minimum absolute atomic E-state index is 0.0405. The largest absolute Gasteiger partial charge is 0.365 e. The number of aromatic nitrogens is 4. The molecule has 3 aromatic heterocycles. The second-order valence-electron chi connectivity index (χ2n) is 8.89. The molecule has 0 saturated carbocycles. The van der Waals surface area contributed by atoms with Crippen LogP contribution in [-0.2, 0) is 17.8 Å². The van der Waals surface area contributed by atoms with Crippen LogP contribution in [0.3, 0.4) is 0 Å². The molecule has 3 aromatic rings. The number of amides is 2. The van der Waals surface area contributed by atoms with Crippen LogP contribution in [0.5, 0.6) is 0 Å². The lowest BCUT2D eigenvalue weighted by molar-refractivity contribution is -0.121. The fraction of sp³-hybridized carbons (Fsp3) is 0.458. The fourth-order valence-corrected chi connectivity index (χ4v) is 4.32. The van der Waals surface area contributed by atoms with E-state index in [1.165, 1.54) is 19.0 Å². The lowest BCUT2D eigenvalue weighted by Gasteiger charge is -2.31. The van der Waals surface area contributed by atoms with Crippen molar-refractivity contribution in [2.24, 2.45) is 11.7 Å². The lowest BCUT2D eigenvalue weighted by atomic mass is 9.99. The van der Waals surface area contributed by atoms with Crippen LogP contribution in [0, 0.1) is 19.8 Å². The van der Waals surface area contributed by atoms with E-state index in [-0.39, 0.29) is 5.91 Å². The van der Waals surface area contributed by atoms with Gasteiger partial charge in [-0.25, -0.2) is 14.5 Å². The number of nitrogens with two attached hydrogens (primary N) is 1. The Balaban J connectivity index is 1.32. The van der Waals surface area contributed by atoms with Crippen molar-refractivity contribution >= 4 is 23.3 Å². The molecule has 1 aliphatic heterocycles. The molecule has 33 heavy (non-hydrogen) atoms. The van der Waals surface area contributed by atoms with Gasteiger partial charge in [-0.05, 0) is 56.2 Å². The second kappa shape index (κ2) is 9.56. The van der Waals surface area contributed by atoms with Gasteiger partial charge in [0.15, 0.2) is 5.65 Å². The first-order chi connectivity index (χ1) is 15.8. The zero-order valence-corrected chi connectivity index (χ0v) is 19.5. The summed E-state index contributed by atoms with van der Waals surface area (Å²) in [5.74, 6) is 1.19. The molecule has 9 nitrogen and oxygen atoms in total. The van der Waals surface area contributed by atoms with Crippen molar-refractivity contribution in [1.29, 1.82) is 0 Å². The third-order valence-electron chi connectivity index (χ3n) is 6.48. The quantitative estimate of drug-likeness (QED) is 0.571. The molecule has 9 heteroatoms. The van der Waals surface area contributed by atoms with E-state index in [4.69, 9.17) is 5.73 Å². The van der Waals surface area contributed by atoms with E-state index in [1.54, 1.807) is 4.52 Å². The second-order valence-corrected chi connectivity index (χ2v) is 8.89. The zero-order valence-electron chi connectivity index (χ0n) is 19.5. The SMILES string of the molecule is Cc1nc2c(C(N)=O)cnn2c(C)c1CCC(=O)NCc1ccc(N2CCC(C)CC2)nc1. The Kier molecular flexibility index (Phi) is 6.57. The number of hydrogen-bond acceptors (Lipinski definition) is 6. The minimum Gasteiger partial charge on any atom is -0.365 e. The van der Waals surface area contributed by atoms with Gasteiger partial charge >= 0.3 is 0 Å². The summed E-state index contributed by atoms with van der Waals surface area (Å²) in [5.41, 5.74) is 9.67. The van der Waals surface area contributed by atoms with Crippen LogP contribution in [0.25, 0.3) is 5.65 Å². The van der Waals surface area contributed by atoms with Crippen LogP contribution in [0.4, 0.5) is 5.82 Å². The number of aryl methyl sites for hydroxylation is 2. The van der Waals surface area contributed by atoms with E-state index in [0.717, 1.165) is 47.3 Å². The topological polar surface area (TPSA) is 119 Å². The van der Waals surface area contributed by atoms with Crippen molar-refractivity contribution in [3.8, 4) is 0 Å². The van der Waals surface area contributed by atoms with Crippen LogP contribution < -0.4 is 16.0 Å². The molecule has 2 amide bonds. The summed E-state index contributed by atoms with van der Waals surface area (Å²) >= 11 is 0. The number of nitrogens with zero attached hydrogens (tertiary/aromatic N) is 5. The third kappa shape index (κ3) is 4.97. The summed E-state index contributed by atoms with van der Waals surface area (Å²) < 4.78 is 1.61. The Hall–Kier alpha value is -3.49. The van der Waals surface area contributed by atoms with Crippen LogP contribution in [0.15, 0.2) is 24.5 Å². The Morgan fingerprint density at radius 1 is 1.18 bits per heavy atom. The molecule has 4 rings (SSSR count). The van der Waals surface area contributed by atoms with E-state index in [9.17, 15) is 9.59 Å². The van der Waals surface area contributed by atoms with Gasteiger partial charge in [-0.3, -0.25) is 9.59 Å². The predicted octanol–water partition coefficient (Wildman–Crippen LogP) is 2.33. The number of nitrogens with one attached hydrogen (secondary N) is 1. The first-order valence-corrected chi connectivity index (χ1v) is 11.4. The predicted molar refractivity (Wildman–Crippen MR) is 126 cm³/mol. The molecule has 0 atom stereocenters. The zero-order chi connectivity index (χ0) is 23.5. The molecule has 0 unspecified atom stereocenters. The molecule has 0 radical (unpaired) electrons. The summed E-state index contributed by atoms with van der Waals surface area (Å²) in [6.45, 7) is 8.61. The van der Waals surface area contributed by atoms with Crippen molar-refractivity contribution in [3.63, 3.8) is 0 Å². The van der Waals surface area contributed by atoms with Crippen molar-refractivity contribution < 1.29 is 9.59 Å². The van der Waals surface area contributed by atoms with Crippen LogP contribution in [-0.4, -0.2) is 44.5 Å². The number of carbonyl (C=O) groups is 2. The van der Waals surface area contributed by atoms with E-state index in [1.807, 2.05) is 32.2 Å². The number of rotatable bonds is 7. The number of anilines is 1. The van der Waals surface area contributed by atoms with Gasteiger partial charge in [0.2, 0.25) is 5.91 Å². The van der Waals surface area contributed by atoms with E-state index in [2.05, 4.69) is 32.2 Å². The highest BCUT2D eigenvalue weighted by molar-refractivity contribution is 5.98. The lowest BCUT2D eigenvalue weighted by Crippen LogP contribution is -2.33. The maximum Gasteiger partial charge on any atom is 0.254 e. The first kappa shape index (κ1) is 22.7. The number of pyridine rings is 1. The molecule has 0 bridgehead atoms. The fourth-order valence-electron chi connectivity index (χ4n) is 4.32. The molecule has 0 spiro atoms. The van der Waals surface area contributed by atoms with Gasteiger partial charge in [0, 0.05) is 43.6 Å². The first-order valence-electron chi connectivity index (χ1n) is 11.4. The highest BCUT2D eigenvalue weighted by Gasteiger charge is 2.18. The monoisotopic (exact) mass is 449 g/mol. The van der Waals surface area contributed by atoms with Crippen molar-refractivity contribution in [3.05, 3.63) is 52.6 Å². The van der Waals surface area contributed by atoms with E-state index < -0.39 is 5.91 Å². The van der Waals surface area contributed by atoms with E-state index in [0.29, 0.717) is 30.6 Å². The Bertz CT molecular complexity index is 1160. The van der Waals surface area contributed by atoms with Crippen molar-refractivity contribution in [2.45, 2.75) is 53.0 Å². The molecule has 0 aromatic carbocycles. The smallest absolute Gasteiger partial charge is 0.254 e. The third-order valence-corrected chi connectivity index (χ3v) is 6.48. The van der Waals surface area contributed by atoms with Gasteiger partial charge in [-0.15, -0.1) is 0 Å². The highest BCUT2D eigenvalue weighted by Crippen LogP contribution is 2.21. The van der Waals surface area contributed by atoms with Gasteiger partial charge in [0.25, 0.3) is 5.91 Å². The van der Waals surface area contributed by atoms with Gasteiger partial charge in [0.1, 0.15) is 11.4 Å². The summed E-state index contributed by atoms with van der Waals surface area (Å²) in [6.07, 6.45) is 6.53. The Labute approximate surface area is 193 Å².